The van der Waals surface area contributed by atoms with Crippen LogP contribution in [0.25, 0.3) is 0 Å². The summed E-state index contributed by atoms with van der Waals surface area (Å²) < 4.78 is 27.1. The van der Waals surface area contributed by atoms with Gasteiger partial charge in [0, 0.05) is 11.5 Å². The van der Waals surface area contributed by atoms with Gasteiger partial charge in [-0.25, -0.2) is 8.78 Å². The molecule has 1 unspecified atom stereocenters. The Labute approximate surface area is 124 Å². The maximum Gasteiger partial charge on any atom is 0.126 e. The number of rotatable bonds is 5. The van der Waals surface area contributed by atoms with Gasteiger partial charge in [0.15, 0.2) is 0 Å². The zero-order valence-corrected chi connectivity index (χ0v) is 12.2. The molecule has 0 fully saturated rings. The minimum Gasteiger partial charge on any atom is -0.271 e. The highest BCUT2D eigenvalue weighted by molar-refractivity contribution is 5.28. The van der Waals surface area contributed by atoms with Crippen LogP contribution in [0.5, 0.6) is 0 Å². The molecule has 0 radical (unpaired) electrons. The minimum absolute atomic E-state index is 0.226. The molecule has 3 N–H and O–H groups in total. The second kappa shape index (κ2) is 6.33. The third kappa shape index (κ3) is 3.46. The predicted molar refractivity (Wildman–Crippen MR) is 80.6 cm³/mol. The Balaban J connectivity index is 2.29. The van der Waals surface area contributed by atoms with E-state index in [4.69, 9.17) is 5.84 Å². The van der Waals surface area contributed by atoms with E-state index in [1.54, 1.807) is 0 Å². The summed E-state index contributed by atoms with van der Waals surface area (Å²) in [5, 5.41) is 0. The first-order valence-corrected chi connectivity index (χ1v) is 6.90. The summed E-state index contributed by atoms with van der Waals surface area (Å²) in [5.74, 6) is 4.81. The van der Waals surface area contributed by atoms with Gasteiger partial charge in [-0.1, -0.05) is 44.2 Å². The Morgan fingerprint density at radius 2 is 1.76 bits per heavy atom. The van der Waals surface area contributed by atoms with Crippen molar-refractivity contribution in [3.63, 3.8) is 0 Å². The predicted octanol–water partition coefficient (Wildman–Crippen LogP) is 3.32. The lowest BCUT2D eigenvalue weighted by atomic mass is 9.75. The molecule has 2 rings (SSSR count). The van der Waals surface area contributed by atoms with Crippen molar-refractivity contribution in [2.24, 2.45) is 5.84 Å². The van der Waals surface area contributed by atoms with Crippen LogP contribution in [-0.4, -0.2) is 6.04 Å². The van der Waals surface area contributed by atoms with Gasteiger partial charge in [-0.05, 0) is 35.7 Å². The summed E-state index contributed by atoms with van der Waals surface area (Å²) in [6.45, 7) is 4.06. The van der Waals surface area contributed by atoms with Crippen molar-refractivity contribution >= 4 is 0 Å². The number of benzene rings is 2. The third-order valence-electron chi connectivity index (χ3n) is 4.02. The van der Waals surface area contributed by atoms with E-state index in [-0.39, 0.29) is 11.5 Å². The third-order valence-corrected chi connectivity index (χ3v) is 4.02. The van der Waals surface area contributed by atoms with Gasteiger partial charge < -0.3 is 0 Å². The van der Waals surface area contributed by atoms with E-state index in [2.05, 4.69) is 5.43 Å². The first-order valence-electron chi connectivity index (χ1n) is 6.90. The first kappa shape index (κ1) is 15.6. The summed E-state index contributed by atoms with van der Waals surface area (Å²) in [4.78, 5) is 0. The second-order valence-electron chi connectivity index (χ2n) is 5.75. The fourth-order valence-corrected chi connectivity index (χ4v) is 2.51. The molecule has 112 valence electrons. The average molecular weight is 290 g/mol. The highest BCUT2D eigenvalue weighted by Gasteiger charge is 2.31. The zero-order valence-electron chi connectivity index (χ0n) is 12.2. The molecule has 2 nitrogen and oxygen atoms in total. The number of nitrogens with one attached hydrogen (secondary N) is 1. The lowest BCUT2D eigenvalue weighted by Crippen LogP contribution is -2.49. The van der Waals surface area contributed by atoms with Crippen LogP contribution in [0, 0.1) is 11.6 Å². The maximum atomic E-state index is 13.8. The van der Waals surface area contributed by atoms with Gasteiger partial charge in [-0.15, -0.1) is 0 Å². The molecule has 4 heteroatoms. The number of hydrogen-bond donors (Lipinski definition) is 2. The Hall–Kier alpha value is -1.78. The summed E-state index contributed by atoms with van der Waals surface area (Å²) in [5.41, 5.74) is 3.83. The molecule has 21 heavy (non-hydrogen) atoms. The van der Waals surface area contributed by atoms with Crippen LogP contribution in [0.3, 0.4) is 0 Å². The molecule has 0 heterocycles. The summed E-state index contributed by atoms with van der Waals surface area (Å²) in [7, 11) is 0. The monoisotopic (exact) mass is 290 g/mol. The minimum atomic E-state index is -0.445. The quantitative estimate of drug-likeness (QED) is 0.655. The van der Waals surface area contributed by atoms with Crippen molar-refractivity contribution in [3.05, 3.63) is 71.3 Å². The lowest BCUT2D eigenvalue weighted by Gasteiger charge is -2.34. The molecule has 0 aliphatic rings. The molecular formula is C17H20F2N2. The van der Waals surface area contributed by atoms with Crippen LogP contribution in [-0.2, 0) is 11.8 Å². The van der Waals surface area contributed by atoms with Crippen LogP contribution in [0.15, 0.2) is 48.5 Å². The second-order valence-corrected chi connectivity index (χ2v) is 5.75. The molecule has 2 aromatic carbocycles. The average Bonchev–Trinajstić information content (AvgIpc) is 2.48. The van der Waals surface area contributed by atoms with Gasteiger partial charge in [0.2, 0.25) is 0 Å². The molecule has 0 aliphatic heterocycles. The van der Waals surface area contributed by atoms with Crippen molar-refractivity contribution in [1.82, 2.24) is 5.43 Å². The number of halogens is 2. The fraction of sp³-hybridized carbons (Fsp3) is 0.294. The zero-order chi connectivity index (χ0) is 15.5. The summed E-state index contributed by atoms with van der Waals surface area (Å²) in [6.07, 6.45) is 0.308. The van der Waals surface area contributed by atoms with Crippen LogP contribution in [0.4, 0.5) is 8.78 Å². The van der Waals surface area contributed by atoms with Crippen LogP contribution >= 0.6 is 0 Å². The standard InChI is InChI=1S/C17H20F2N2/c1-17(2,13-6-4-3-5-7-13)16(21-20)11-12-10-14(18)8-9-15(12)19/h3-10,16,21H,11,20H2,1-2H3. The fourth-order valence-electron chi connectivity index (χ4n) is 2.51. The van der Waals surface area contributed by atoms with Crippen molar-refractivity contribution in [3.8, 4) is 0 Å². The van der Waals surface area contributed by atoms with Gasteiger partial charge >= 0.3 is 0 Å². The molecule has 1 atom stereocenters. The van der Waals surface area contributed by atoms with Gasteiger partial charge in [-0.2, -0.15) is 0 Å². The molecule has 0 bridgehead atoms. The summed E-state index contributed by atoms with van der Waals surface area (Å²) in [6, 6.07) is 13.1. The van der Waals surface area contributed by atoms with E-state index >= 15 is 0 Å². The molecular weight excluding hydrogens is 270 g/mol. The molecule has 0 saturated carbocycles. The van der Waals surface area contributed by atoms with Crippen molar-refractivity contribution in [2.45, 2.75) is 31.7 Å². The van der Waals surface area contributed by atoms with Gasteiger partial charge in [-0.3, -0.25) is 11.3 Å². The smallest absolute Gasteiger partial charge is 0.126 e. The van der Waals surface area contributed by atoms with Gasteiger partial charge in [0.1, 0.15) is 11.6 Å². The van der Waals surface area contributed by atoms with E-state index in [9.17, 15) is 8.78 Å². The lowest BCUT2D eigenvalue weighted by molar-refractivity contribution is 0.338. The Morgan fingerprint density at radius 3 is 2.38 bits per heavy atom. The molecule has 0 saturated heterocycles. The summed E-state index contributed by atoms with van der Waals surface area (Å²) >= 11 is 0. The van der Waals surface area contributed by atoms with Crippen LogP contribution in [0.1, 0.15) is 25.0 Å². The number of nitrogens with two attached hydrogens (primary N) is 1. The normalized spacial score (nSPS) is 13.2. The van der Waals surface area contributed by atoms with Crippen LogP contribution < -0.4 is 11.3 Å². The number of hydrogen-bond acceptors (Lipinski definition) is 2. The number of hydrazine groups is 1. The van der Waals surface area contributed by atoms with Gasteiger partial charge in [0.25, 0.3) is 0 Å². The Kier molecular flexibility index (Phi) is 4.70. The topological polar surface area (TPSA) is 38.0 Å². The largest absolute Gasteiger partial charge is 0.271 e. The molecule has 0 aliphatic carbocycles. The highest BCUT2D eigenvalue weighted by atomic mass is 19.1. The molecule has 0 aromatic heterocycles. The van der Waals surface area contributed by atoms with E-state index in [1.165, 1.54) is 6.07 Å². The van der Waals surface area contributed by atoms with Crippen LogP contribution in [0.2, 0.25) is 0 Å². The molecule has 2 aromatic rings. The Bertz CT molecular complexity index is 597. The van der Waals surface area contributed by atoms with Crippen molar-refractivity contribution < 1.29 is 8.78 Å². The first-order chi connectivity index (χ1) is 9.95. The molecule has 0 amide bonds. The Morgan fingerprint density at radius 1 is 1.10 bits per heavy atom. The van der Waals surface area contributed by atoms with Crippen molar-refractivity contribution in [1.29, 1.82) is 0 Å². The van der Waals surface area contributed by atoms with Gasteiger partial charge in [0.05, 0.1) is 0 Å². The maximum absolute atomic E-state index is 13.8. The van der Waals surface area contributed by atoms with E-state index in [0.29, 0.717) is 12.0 Å². The highest BCUT2D eigenvalue weighted by Crippen LogP contribution is 2.29. The van der Waals surface area contributed by atoms with Crippen molar-refractivity contribution in [2.75, 3.05) is 0 Å². The van der Waals surface area contributed by atoms with E-state index in [0.717, 1.165) is 17.7 Å². The van der Waals surface area contributed by atoms with E-state index in [1.807, 2.05) is 44.2 Å². The SMILES string of the molecule is CC(C)(c1ccccc1)C(Cc1cc(F)ccc1F)NN. The van der Waals surface area contributed by atoms with E-state index < -0.39 is 11.6 Å². The molecule has 0 spiro atoms.